The van der Waals surface area contributed by atoms with Gasteiger partial charge in [0.1, 0.15) is 0 Å². The molecule has 0 bridgehead atoms. The summed E-state index contributed by atoms with van der Waals surface area (Å²) in [5.41, 5.74) is 7.44. The Labute approximate surface area is 118 Å². The Morgan fingerprint density at radius 1 is 1.25 bits per heavy atom. The van der Waals surface area contributed by atoms with Crippen LogP contribution in [0.3, 0.4) is 0 Å². The lowest BCUT2D eigenvalue weighted by Gasteiger charge is -2.30. The first kappa shape index (κ1) is 14.5. The fourth-order valence-corrected chi connectivity index (χ4v) is 2.60. The molecular weight excluding hydrogens is 260 g/mol. The number of methoxy groups -OCH3 is 3. The summed E-state index contributed by atoms with van der Waals surface area (Å²) in [6.07, 6.45) is 0.819. The molecule has 1 amide bonds. The lowest BCUT2D eigenvalue weighted by atomic mass is 9.97. The summed E-state index contributed by atoms with van der Waals surface area (Å²) >= 11 is 0. The number of nitrogens with two attached hydrogens (primary N) is 1. The molecule has 6 heteroatoms. The van der Waals surface area contributed by atoms with Crippen LogP contribution < -0.4 is 19.9 Å². The van der Waals surface area contributed by atoms with E-state index in [-0.39, 0.29) is 12.5 Å². The third kappa shape index (κ3) is 2.65. The van der Waals surface area contributed by atoms with Crippen molar-refractivity contribution >= 4 is 5.91 Å². The zero-order chi connectivity index (χ0) is 14.7. The van der Waals surface area contributed by atoms with Crippen molar-refractivity contribution in [1.29, 1.82) is 0 Å². The predicted molar refractivity (Wildman–Crippen MR) is 74.3 cm³/mol. The van der Waals surface area contributed by atoms with E-state index in [0.717, 1.165) is 24.1 Å². The molecule has 0 spiro atoms. The normalized spacial score (nSPS) is 14.6. The molecule has 2 rings (SSSR count). The van der Waals surface area contributed by atoms with Gasteiger partial charge >= 0.3 is 0 Å². The molecule has 0 aromatic heterocycles. The van der Waals surface area contributed by atoms with Gasteiger partial charge in [0.15, 0.2) is 11.5 Å². The average Bonchev–Trinajstić information content (AvgIpc) is 2.44. The minimum Gasteiger partial charge on any atom is -0.493 e. The maximum atomic E-state index is 11.1. The second-order valence-corrected chi connectivity index (χ2v) is 4.71. The highest BCUT2D eigenvalue weighted by molar-refractivity contribution is 5.76. The van der Waals surface area contributed by atoms with Crippen LogP contribution >= 0.6 is 0 Å². The smallest absolute Gasteiger partial charge is 0.231 e. The van der Waals surface area contributed by atoms with Crippen LogP contribution in [0.15, 0.2) is 6.07 Å². The Morgan fingerprint density at radius 2 is 1.95 bits per heavy atom. The molecule has 0 atom stereocenters. The standard InChI is InChI=1S/C14H20N2O4/c1-18-11-6-9-4-5-16(8-12(15)17)7-10(9)13(19-2)14(11)20-3/h6H,4-5,7-8H2,1-3H3,(H2,15,17). The first-order valence-electron chi connectivity index (χ1n) is 6.42. The van der Waals surface area contributed by atoms with Gasteiger partial charge in [-0.15, -0.1) is 0 Å². The zero-order valence-corrected chi connectivity index (χ0v) is 12.1. The number of amides is 1. The van der Waals surface area contributed by atoms with Gasteiger partial charge in [0.2, 0.25) is 11.7 Å². The number of fused-ring (bicyclic) bond motifs is 1. The van der Waals surface area contributed by atoms with Crippen molar-refractivity contribution in [3.8, 4) is 17.2 Å². The average molecular weight is 280 g/mol. The van der Waals surface area contributed by atoms with Crippen molar-refractivity contribution in [3.63, 3.8) is 0 Å². The van der Waals surface area contributed by atoms with Crippen LogP contribution in [0.25, 0.3) is 0 Å². The maximum Gasteiger partial charge on any atom is 0.231 e. The molecule has 2 N–H and O–H groups in total. The van der Waals surface area contributed by atoms with Gasteiger partial charge in [0.05, 0.1) is 27.9 Å². The molecule has 1 aliphatic heterocycles. The monoisotopic (exact) mass is 280 g/mol. The molecule has 0 fully saturated rings. The number of nitrogens with zero attached hydrogens (tertiary/aromatic N) is 1. The van der Waals surface area contributed by atoms with Crippen molar-refractivity contribution < 1.29 is 19.0 Å². The highest BCUT2D eigenvalue weighted by Gasteiger charge is 2.26. The number of hydrogen-bond acceptors (Lipinski definition) is 5. The molecular formula is C14H20N2O4. The topological polar surface area (TPSA) is 74.0 Å². The molecule has 0 unspecified atom stereocenters. The van der Waals surface area contributed by atoms with Crippen molar-refractivity contribution in [2.24, 2.45) is 5.73 Å². The summed E-state index contributed by atoms with van der Waals surface area (Å²) in [5.74, 6) is 1.57. The number of hydrogen-bond donors (Lipinski definition) is 1. The maximum absolute atomic E-state index is 11.1. The van der Waals surface area contributed by atoms with Crippen molar-refractivity contribution in [2.45, 2.75) is 13.0 Å². The van der Waals surface area contributed by atoms with E-state index in [9.17, 15) is 4.79 Å². The predicted octanol–water partition coefficient (Wildman–Crippen LogP) is 0.556. The first-order chi connectivity index (χ1) is 9.60. The molecule has 20 heavy (non-hydrogen) atoms. The van der Waals surface area contributed by atoms with E-state index in [1.807, 2.05) is 11.0 Å². The second-order valence-electron chi connectivity index (χ2n) is 4.71. The van der Waals surface area contributed by atoms with Gasteiger partial charge in [-0.25, -0.2) is 0 Å². The van der Waals surface area contributed by atoms with Gasteiger partial charge in [-0.2, -0.15) is 0 Å². The highest BCUT2D eigenvalue weighted by atomic mass is 16.5. The molecule has 0 saturated carbocycles. The summed E-state index contributed by atoms with van der Waals surface area (Å²) in [6, 6.07) is 1.97. The molecule has 0 aliphatic carbocycles. The largest absolute Gasteiger partial charge is 0.493 e. The van der Waals surface area contributed by atoms with Crippen LogP contribution in [0, 0.1) is 0 Å². The summed E-state index contributed by atoms with van der Waals surface area (Å²) < 4.78 is 16.2. The van der Waals surface area contributed by atoms with Gasteiger partial charge in [0, 0.05) is 18.7 Å². The SMILES string of the molecule is COc1cc2c(c(OC)c1OC)CN(CC(N)=O)CC2. The van der Waals surface area contributed by atoms with Crippen molar-refractivity contribution in [3.05, 3.63) is 17.2 Å². The number of carbonyl (C=O) groups excluding carboxylic acids is 1. The molecule has 1 aliphatic rings. The lowest BCUT2D eigenvalue weighted by molar-refractivity contribution is -0.119. The van der Waals surface area contributed by atoms with Crippen LogP contribution in [0.1, 0.15) is 11.1 Å². The Hall–Kier alpha value is -1.95. The van der Waals surface area contributed by atoms with Crippen LogP contribution in [-0.4, -0.2) is 45.2 Å². The quantitative estimate of drug-likeness (QED) is 0.853. The minimum atomic E-state index is -0.326. The summed E-state index contributed by atoms with van der Waals surface area (Å²) in [6.45, 7) is 1.65. The molecule has 0 radical (unpaired) electrons. The molecule has 0 saturated heterocycles. The molecule has 1 heterocycles. The highest BCUT2D eigenvalue weighted by Crippen LogP contribution is 2.43. The van der Waals surface area contributed by atoms with E-state index < -0.39 is 0 Å². The van der Waals surface area contributed by atoms with E-state index >= 15 is 0 Å². The van der Waals surface area contributed by atoms with Gasteiger partial charge in [-0.3, -0.25) is 9.69 Å². The van der Waals surface area contributed by atoms with E-state index in [1.54, 1.807) is 21.3 Å². The molecule has 1 aromatic rings. The first-order valence-corrected chi connectivity index (χ1v) is 6.42. The van der Waals surface area contributed by atoms with E-state index in [2.05, 4.69) is 0 Å². The molecule has 110 valence electrons. The fraction of sp³-hybridized carbons (Fsp3) is 0.500. The van der Waals surface area contributed by atoms with Crippen LogP contribution in [0.2, 0.25) is 0 Å². The van der Waals surface area contributed by atoms with Crippen LogP contribution in [-0.2, 0) is 17.8 Å². The molecule has 1 aromatic carbocycles. The Bertz CT molecular complexity index is 516. The third-order valence-corrected chi connectivity index (χ3v) is 3.48. The van der Waals surface area contributed by atoms with Crippen molar-refractivity contribution in [2.75, 3.05) is 34.4 Å². The van der Waals surface area contributed by atoms with E-state index in [4.69, 9.17) is 19.9 Å². The molecule has 6 nitrogen and oxygen atoms in total. The zero-order valence-electron chi connectivity index (χ0n) is 12.1. The fourth-order valence-electron chi connectivity index (χ4n) is 2.60. The van der Waals surface area contributed by atoms with Crippen LogP contribution in [0.4, 0.5) is 0 Å². The van der Waals surface area contributed by atoms with Crippen molar-refractivity contribution in [1.82, 2.24) is 4.90 Å². The van der Waals surface area contributed by atoms with Gasteiger partial charge in [0.25, 0.3) is 0 Å². The van der Waals surface area contributed by atoms with E-state index in [1.165, 1.54) is 0 Å². The van der Waals surface area contributed by atoms with Gasteiger partial charge in [-0.05, 0) is 18.1 Å². The number of rotatable bonds is 5. The number of carbonyl (C=O) groups is 1. The Balaban J connectivity index is 2.41. The Kier molecular flexibility index (Phi) is 4.34. The number of benzene rings is 1. The summed E-state index contributed by atoms with van der Waals surface area (Å²) in [5, 5.41) is 0. The van der Waals surface area contributed by atoms with Gasteiger partial charge < -0.3 is 19.9 Å². The Morgan fingerprint density at radius 3 is 2.50 bits per heavy atom. The third-order valence-electron chi connectivity index (χ3n) is 3.48. The minimum absolute atomic E-state index is 0.247. The van der Waals surface area contributed by atoms with Crippen LogP contribution in [0.5, 0.6) is 17.2 Å². The second kappa shape index (κ2) is 6.00. The lowest BCUT2D eigenvalue weighted by Crippen LogP contribution is -2.37. The van der Waals surface area contributed by atoms with E-state index in [0.29, 0.717) is 23.8 Å². The number of ether oxygens (including phenoxy) is 3. The summed E-state index contributed by atoms with van der Waals surface area (Å²) in [4.78, 5) is 13.1. The van der Waals surface area contributed by atoms with Gasteiger partial charge in [-0.1, -0.05) is 0 Å². The number of primary amides is 1. The summed E-state index contributed by atoms with van der Waals surface area (Å²) in [7, 11) is 4.79.